The van der Waals surface area contributed by atoms with E-state index in [1.807, 2.05) is 6.92 Å². The summed E-state index contributed by atoms with van der Waals surface area (Å²) in [6.07, 6.45) is 1.23. The van der Waals surface area contributed by atoms with Gasteiger partial charge in [0.25, 0.3) is 0 Å². The number of carbonyl (C=O) groups is 1. The van der Waals surface area contributed by atoms with Crippen molar-refractivity contribution in [2.75, 3.05) is 19.5 Å². The van der Waals surface area contributed by atoms with Gasteiger partial charge >= 0.3 is 0 Å². The minimum atomic E-state index is -4.11. The number of fused-ring (bicyclic) bond motifs is 1. The summed E-state index contributed by atoms with van der Waals surface area (Å²) in [5.74, 6) is 0.554. The molecule has 1 N–H and O–H groups in total. The van der Waals surface area contributed by atoms with Crippen LogP contribution in [-0.2, 0) is 21.2 Å². The van der Waals surface area contributed by atoms with Crippen molar-refractivity contribution in [3.8, 4) is 11.5 Å². The van der Waals surface area contributed by atoms with Crippen molar-refractivity contribution in [1.29, 1.82) is 0 Å². The molecule has 1 aromatic heterocycles. The second-order valence-corrected chi connectivity index (χ2v) is 9.82. The number of rotatable bonds is 7. The maximum atomic E-state index is 13.3. The fraction of sp³-hybridized carbons (Fsp3) is 0.154. The fourth-order valence-electron chi connectivity index (χ4n) is 3.75. The van der Waals surface area contributed by atoms with Crippen LogP contribution in [0.25, 0.3) is 10.9 Å². The number of aromatic nitrogens is 1. The molecule has 0 radical (unpaired) electrons. The molecule has 8 nitrogen and oxygen atoms in total. The van der Waals surface area contributed by atoms with Crippen molar-refractivity contribution in [3.63, 3.8) is 0 Å². The lowest BCUT2D eigenvalue weighted by molar-refractivity contribution is -0.116. The van der Waals surface area contributed by atoms with Crippen LogP contribution in [0, 0.1) is 6.92 Å². The minimum absolute atomic E-state index is 0.0109. The predicted molar refractivity (Wildman–Crippen MR) is 133 cm³/mol. The van der Waals surface area contributed by atoms with Crippen molar-refractivity contribution in [1.82, 2.24) is 4.57 Å². The van der Waals surface area contributed by atoms with Crippen LogP contribution in [0.2, 0.25) is 0 Å². The minimum Gasteiger partial charge on any atom is -0.493 e. The number of hydrogen-bond donors (Lipinski definition) is 1. The van der Waals surface area contributed by atoms with E-state index < -0.39 is 21.2 Å². The number of para-hydroxylation sites is 1. The molecule has 1 amide bonds. The number of nitrogens with one attached hydrogen (secondary N) is 1. The monoisotopic (exact) mass is 492 g/mol. The molecule has 0 saturated heterocycles. The van der Waals surface area contributed by atoms with Crippen molar-refractivity contribution >= 4 is 32.3 Å². The lowest BCUT2D eigenvalue weighted by Crippen LogP contribution is -2.24. The number of hydrogen-bond acceptors (Lipinski definition) is 6. The molecule has 0 aliphatic heterocycles. The second kappa shape index (κ2) is 9.63. The van der Waals surface area contributed by atoms with Gasteiger partial charge in [0.1, 0.15) is 11.4 Å². The maximum absolute atomic E-state index is 13.3. The van der Waals surface area contributed by atoms with Crippen LogP contribution in [0.3, 0.4) is 0 Å². The molecular weight excluding hydrogens is 468 g/mol. The van der Waals surface area contributed by atoms with Crippen molar-refractivity contribution in [2.45, 2.75) is 23.3 Å². The Morgan fingerprint density at radius 2 is 1.63 bits per heavy atom. The van der Waals surface area contributed by atoms with Crippen molar-refractivity contribution in [3.05, 3.63) is 88.7 Å². The van der Waals surface area contributed by atoms with Gasteiger partial charge in [0.15, 0.2) is 11.5 Å². The van der Waals surface area contributed by atoms with Crippen molar-refractivity contribution < 1.29 is 22.7 Å². The summed E-state index contributed by atoms with van der Waals surface area (Å²) >= 11 is 0. The standard InChI is InChI=1S/C26H24N2O6S/c1-17-8-11-19(12-9-17)35(31,32)24-15-28(21-7-5-4-6-20(21)26(24)30)16-25(29)27-18-10-13-22(33-2)23(14-18)34-3/h4-15H,16H2,1-3H3,(H,27,29). The first kappa shape index (κ1) is 24.0. The van der Waals surface area contributed by atoms with Crippen LogP contribution in [0.5, 0.6) is 11.5 Å². The zero-order valence-corrected chi connectivity index (χ0v) is 20.3. The van der Waals surface area contributed by atoms with Gasteiger partial charge in [-0.3, -0.25) is 9.59 Å². The Morgan fingerprint density at radius 3 is 2.31 bits per heavy atom. The normalized spacial score (nSPS) is 11.3. The molecule has 0 aliphatic rings. The number of carbonyl (C=O) groups excluding carboxylic acids is 1. The van der Waals surface area contributed by atoms with Gasteiger partial charge in [0.05, 0.1) is 24.6 Å². The molecule has 4 rings (SSSR count). The lowest BCUT2D eigenvalue weighted by atomic mass is 10.2. The molecule has 0 saturated carbocycles. The second-order valence-electron chi connectivity index (χ2n) is 7.90. The fourth-order valence-corrected chi connectivity index (χ4v) is 5.12. The van der Waals surface area contributed by atoms with Crippen LogP contribution in [0.1, 0.15) is 5.56 Å². The first-order valence-electron chi connectivity index (χ1n) is 10.7. The van der Waals surface area contributed by atoms with Crippen LogP contribution >= 0.6 is 0 Å². The van der Waals surface area contributed by atoms with Gasteiger partial charge in [-0.15, -0.1) is 0 Å². The third-order valence-corrected chi connectivity index (χ3v) is 7.32. The molecule has 0 aliphatic carbocycles. The van der Waals surface area contributed by atoms with Gasteiger partial charge in [0, 0.05) is 23.3 Å². The molecule has 0 unspecified atom stereocenters. The van der Waals surface area contributed by atoms with E-state index in [2.05, 4.69) is 5.32 Å². The summed E-state index contributed by atoms with van der Waals surface area (Å²) in [6, 6.07) is 17.8. The van der Waals surface area contributed by atoms with Gasteiger partial charge < -0.3 is 19.4 Å². The summed E-state index contributed by atoms with van der Waals surface area (Å²) in [6.45, 7) is 1.63. The van der Waals surface area contributed by atoms with Gasteiger partial charge in [0.2, 0.25) is 21.2 Å². The first-order chi connectivity index (χ1) is 16.7. The topological polar surface area (TPSA) is 104 Å². The zero-order chi connectivity index (χ0) is 25.2. The van der Waals surface area contributed by atoms with E-state index in [0.29, 0.717) is 22.7 Å². The number of aryl methyl sites for hydroxylation is 1. The molecule has 0 atom stereocenters. The number of benzene rings is 3. The number of amides is 1. The van der Waals surface area contributed by atoms with E-state index in [4.69, 9.17) is 9.47 Å². The van der Waals surface area contributed by atoms with Crippen LogP contribution in [0.4, 0.5) is 5.69 Å². The molecule has 0 bridgehead atoms. The number of pyridine rings is 1. The van der Waals surface area contributed by atoms with E-state index in [1.165, 1.54) is 37.1 Å². The molecule has 0 spiro atoms. The summed E-state index contributed by atoms with van der Waals surface area (Å²) in [7, 11) is -1.10. The van der Waals surface area contributed by atoms with Gasteiger partial charge in [-0.25, -0.2) is 8.42 Å². The highest BCUT2D eigenvalue weighted by atomic mass is 32.2. The number of anilines is 1. The molecule has 35 heavy (non-hydrogen) atoms. The van der Waals surface area contributed by atoms with Gasteiger partial charge in [-0.05, 0) is 43.3 Å². The summed E-state index contributed by atoms with van der Waals surface area (Å²) in [5, 5.41) is 2.98. The molecule has 0 fully saturated rings. The third kappa shape index (κ3) is 4.76. The van der Waals surface area contributed by atoms with E-state index in [-0.39, 0.29) is 21.7 Å². The highest BCUT2D eigenvalue weighted by Crippen LogP contribution is 2.30. The van der Waals surface area contributed by atoms with Crippen molar-refractivity contribution in [2.24, 2.45) is 0 Å². The van der Waals surface area contributed by atoms with E-state index in [9.17, 15) is 18.0 Å². The smallest absolute Gasteiger partial charge is 0.244 e. The van der Waals surface area contributed by atoms with Gasteiger partial charge in [-0.1, -0.05) is 29.8 Å². The Labute approximate surface area is 202 Å². The Hall–Kier alpha value is -4.11. The number of nitrogens with zero attached hydrogens (tertiary/aromatic N) is 1. The number of methoxy groups -OCH3 is 2. The average molecular weight is 493 g/mol. The molecule has 180 valence electrons. The maximum Gasteiger partial charge on any atom is 0.244 e. The highest BCUT2D eigenvalue weighted by molar-refractivity contribution is 7.91. The predicted octanol–water partition coefficient (Wildman–Crippen LogP) is 3.80. The largest absolute Gasteiger partial charge is 0.493 e. The molecule has 1 heterocycles. The first-order valence-corrected chi connectivity index (χ1v) is 12.2. The lowest BCUT2D eigenvalue weighted by Gasteiger charge is -2.15. The van der Waals surface area contributed by atoms with Crippen LogP contribution < -0.4 is 20.2 Å². The molecular formula is C26H24N2O6S. The molecule has 9 heteroatoms. The van der Waals surface area contributed by atoms with E-state index >= 15 is 0 Å². The van der Waals surface area contributed by atoms with E-state index in [1.54, 1.807) is 54.6 Å². The summed E-state index contributed by atoms with van der Waals surface area (Å²) in [5.41, 5.74) is 1.21. The Bertz CT molecular complexity index is 1570. The number of ether oxygens (including phenoxy) is 2. The molecule has 3 aromatic carbocycles. The zero-order valence-electron chi connectivity index (χ0n) is 19.4. The summed E-state index contributed by atoms with van der Waals surface area (Å²) < 4.78 is 38.6. The SMILES string of the molecule is COc1ccc(NC(=O)Cn2cc(S(=O)(=O)c3ccc(C)cc3)c(=O)c3ccccc32)cc1OC. The average Bonchev–Trinajstić information content (AvgIpc) is 2.85. The van der Waals surface area contributed by atoms with Crippen LogP contribution in [-0.4, -0.2) is 33.1 Å². The van der Waals surface area contributed by atoms with Gasteiger partial charge in [-0.2, -0.15) is 0 Å². The van der Waals surface area contributed by atoms with Crippen LogP contribution in [0.15, 0.2) is 87.5 Å². The third-order valence-electron chi connectivity index (χ3n) is 5.56. The quantitative estimate of drug-likeness (QED) is 0.421. The Morgan fingerprint density at radius 1 is 0.943 bits per heavy atom. The van der Waals surface area contributed by atoms with E-state index in [0.717, 1.165) is 5.56 Å². The Kier molecular flexibility index (Phi) is 6.61. The highest BCUT2D eigenvalue weighted by Gasteiger charge is 2.24. The Balaban J connectivity index is 1.74. The number of sulfone groups is 1. The molecule has 4 aromatic rings. The summed E-state index contributed by atoms with van der Waals surface area (Å²) in [4.78, 5) is 25.7.